The van der Waals surface area contributed by atoms with Crippen LogP contribution < -0.4 is 0 Å². The van der Waals surface area contributed by atoms with Crippen molar-refractivity contribution >= 4 is 11.6 Å². The Balaban J connectivity index is -0.0000000838. The zero-order valence-corrected chi connectivity index (χ0v) is 13.4. The van der Waals surface area contributed by atoms with Crippen LogP contribution in [-0.4, -0.2) is 0 Å². The molecule has 2 rings (SSSR count). The van der Waals surface area contributed by atoms with Crippen LogP contribution in [0.3, 0.4) is 0 Å². The average Bonchev–Trinajstić information content (AvgIpc) is 3.06. The standard InChI is InChI=1S/C6H4Cl.C5H5.3CO.W/c7-6-4-2-1-3-5-6;1-2-4-5-3-1;3*1-2;/h2-5H;1-5H;;;;/q2*-1;;;;. The second-order valence-corrected chi connectivity index (χ2v) is 2.62. The van der Waals surface area contributed by atoms with E-state index in [0.29, 0.717) is 0 Å². The summed E-state index contributed by atoms with van der Waals surface area (Å²) in [5.74, 6) is 0. The molecule has 98 valence electrons. The van der Waals surface area contributed by atoms with Gasteiger partial charge in [0.05, 0.1) is 0 Å². The smallest absolute Gasteiger partial charge is 0 e. The normalized spacial score (nSPS) is 5.63. The van der Waals surface area contributed by atoms with E-state index in [2.05, 4.69) is 26.0 Å². The van der Waals surface area contributed by atoms with Crippen molar-refractivity contribution in [3.05, 3.63) is 85.6 Å². The molecule has 19 heavy (non-hydrogen) atoms. The van der Waals surface area contributed by atoms with Crippen LogP contribution >= 0.6 is 11.6 Å². The molecule has 0 N–H and O–H groups in total. The topological polar surface area (TPSA) is 59.7 Å². The molecule has 0 saturated carbocycles. The summed E-state index contributed by atoms with van der Waals surface area (Å²) < 4.78 is 22.5. The first-order chi connectivity index (χ1) is 8.89. The molecule has 0 atom stereocenters. The van der Waals surface area contributed by atoms with Crippen LogP contribution in [0.25, 0.3) is 0 Å². The molecular formula is C14H9ClO3W-2. The summed E-state index contributed by atoms with van der Waals surface area (Å²) in [6, 6.07) is 20.0. The third kappa shape index (κ3) is 26.4. The van der Waals surface area contributed by atoms with Crippen LogP contribution in [0.1, 0.15) is 0 Å². The molecular weight excluding hydrogens is 435 g/mol. The molecule has 5 heteroatoms. The summed E-state index contributed by atoms with van der Waals surface area (Å²) >= 11 is 5.52. The molecule has 0 heterocycles. The van der Waals surface area contributed by atoms with Gasteiger partial charge in [0.15, 0.2) is 0 Å². The molecule has 2 aromatic rings. The zero-order chi connectivity index (χ0) is 14.6. The monoisotopic (exact) mass is 444 g/mol. The molecule has 0 amide bonds. The van der Waals surface area contributed by atoms with Gasteiger partial charge in [0.2, 0.25) is 0 Å². The average molecular weight is 445 g/mol. The van der Waals surface area contributed by atoms with Gasteiger partial charge in [-0.2, -0.15) is 48.5 Å². The van der Waals surface area contributed by atoms with Crippen molar-refractivity contribution in [2.75, 3.05) is 0 Å². The number of rotatable bonds is 0. The Morgan fingerprint density at radius 2 is 1.26 bits per heavy atom. The molecule has 0 aromatic heterocycles. The van der Waals surface area contributed by atoms with E-state index in [1.54, 1.807) is 24.3 Å². The molecule has 0 unspecified atom stereocenters. The third-order valence-corrected chi connectivity index (χ3v) is 1.49. The van der Waals surface area contributed by atoms with E-state index >= 15 is 0 Å². The van der Waals surface area contributed by atoms with Gasteiger partial charge < -0.3 is 0 Å². The minimum atomic E-state index is 0. The van der Waals surface area contributed by atoms with Crippen LogP contribution in [0.2, 0.25) is 5.02 Å². The largest absolute Gasteiger partial charge is 0.214 e. The molecule has 0 radical (unpaired) electrons. The molecule has 0 aliphatic heterocycles. The van der Waals surface area contributed by atoms with Crippen molar-refractivity contribution < 1.29 is 35.0 Å². The molecule has 0 fully saturated rings. The van der Waals surface area contributed by atoms with E-state index in [4.69, 9.17) is 25.6 Å². The van der Waals surface area contributed by atoms with Crippen LogP contribution in [-0.2, 0) is 35.0 Å². The van der Waals surface area contributed by atoms with E-state index in [9.17, 15) is 0 Å². The van der Waals surface area contributed by atoms with E-state index in [0.717, 1.165) is 5.02 Å². The van der Waals surface area contributed by atoms with E-state index in [1.165, 1.54) is 0 Å². The van der Waals surface area contributed by atoms with E-state index in [1.807, 2.05) is 30.3 Å². The van der Waals surface area contributed by atoms with Gasteiger partial charge in [-0.25, -0.2) is 12.1 Å². The Hall–Kier alpha value is -1.23. The predicted octanol–water partition coefficient (Wildman–Crippen LogP) is 3.43. The first-order valence-electron chi connectivity index (χ1n) is 4.29. The van der Waals surface area contributed by atoms with E-state index < -0.39 is 0 Å². The minimum Gasteiger partial charge on any atom is -0.214 e. The SMILES string of the molecule is Clc1cc[c-]cc1.[C-]#[O+].[C-]#[O+].[C-]#[O+].[W].c1cc[cH-]c1. The molecule has 0 bridgehead atoms. The van der Waals surface area contributed by atoms with Gasteiger partial charge >= 0.3 is 33.9 Å². The minimum absolute atomic E-state index is 0. The summed E-state index contributed by atoms with van der Waals surface area (Å²) in [7, 11) is 0. The van der Waals surface area contributed by atoms with Crippen LogP contribution in [0.5, 0.6) is 0 Å². The van der Waals surface area contributed by atoms with Crippen molar-refractivity contribution in [1.82, 2.24) is 0 Å². The summed E-state index contributed by atoms with van der Waals surface area (Å²) in [6.45, 7) is 13.5. The van der Waals surface area contributed by atoms with Gasteiger partial charge in [0.25, 0.3) is 0 Å². The van der Waals surface area contributed by atoms with E-state index in [-0.39, 0.29) is 21.1 Å². The van der Waals surface area contributed by atoms with Gasteiger partial charge in [-0.1, -0.05) is 5.02 Å². The fourth-order valence-electron chi connectivity index (χ4n) is 0.687. The number of hydrogen-bond acceptors (Lipinski definition) is 0. The fourth-order valence-corrected chi connectivity index (χ4v) is 0.813. The van der Waals surface area contributed by atoms with Crippen molar-refractivity contribution in [1.29, 1.82) is 0 Å². The quantitative estimate of drug-likeness (QED) is 0.442. The summed E-state index contributed by atoms with van der Waals surface area (Å²) in [5.41, 5.74) is 0. The maximum Gasteiger partial charge on any atom is 0 e. The van der Waals surface area contributed by atoms with Gasteiger partial charge in [0, 0.05) is 21.1 Å². The summed E-state index contributed by atoms with van der Waals surface area (Å²) in [6.07, 6.45) is 0. The number of hydrogen-bond donors (Lipinski definition) is 0. The van der Waals surface area contributed by atoms with Crippen LogP contribution in [0, 0.1) is 26.0 Å². The van der Waals surface area contributed by atoms with Crippen molar-refractivity contribution in [3.8, 4) is 0 Å². The fraction of sp³-hybridized carbons (Fsp3) is 0. The van der Waals surface area contributed by atoms with Gasteiger partial charge in [-0.05, 0) is 0 Å². The van der Waals surface area contributed by atoms with Crippen LogP contribution in [0.15, 0.2) is 54.6 Å². The Labute approximate surface area is 132 Å². The zero-order valence-electron chi connectivity index (χ0n) is 9.71. The Morgan fingerprint density at radius 1 is 0.895 bits per heavy atom. The molecule has 0 aliphatic rings. The molecule has 2 aromatic carbocycles. The van der Waals surface area contributed by atoms with Gasteiger partial charge in [0.1, 0.15) is 0 Å². The predicted molar refractivity (Wildman–Crippen MR) is 64.1 cm³/mol. The maximum absolute atomic E-state index is 7.50. The first-order valence-corrected chi connectivity index (χ1v) is 4.67. The Bertz CT molecular complexity index is 362. The Kier molecular flexibility index (Phi) is 41.8. The Morgan fingerprint density at radius 3 is 1.42 bits per heavy atom. The second-order valence-electron chi connectivity index (χ2n) is 2.18. The van der Waals surface area contributed by atoms with Crippen molar-refractivity contribution in [2.45, 2.75) is 0 Å². The maximum atomic E-state index is 7.50. The van der Waals surface area contributed by atoms with Crippen molar-refractivity contribution in [3.63, 3.8) is 0 Å². The summed E-state index contributed by atoms with van der Waals surface area (Å²) in [4.78, 5) is 0. The number of halogens is 1. The summed E-state index contributed by atoms with van der Waals surface area (Å²) in [5, 5.41) is 0.763. The van der Waals surface area contributed by atoms with Crippen LogP contribution in [0.4, 0.5) is 0 Å². The third-order valence-electron chi connectivity index (χ3n) is 1.23. The van der Waals surface area contributed by atoms with Gasteiger partial charge in [-0.15, -0.1) is 11.6 Å². The first kappa shape index (κ1) is 26.4. The molecule has 0 saturated heterocycles. The molecule has 3 nitrogen and oxygen atoms in total. The van der Waals surface area contributed by atoms with Gasteiger partial charge in [-0.3, -0.25) is 0 Å². The number of benzene rings is 1. The van der Waals surface area contributed by atoms with Crippen molar-refractivity contribution in [2.24, 2.45) is 0 Å². The molecule has 0 spiro atoms. The molecule has 0 aliphatic carbocycles. The second kappa shape index (κ2) is 30.1.